The summed E-state index contributed by atoms with van der Waals surface area (Å²) in [5.74, 6) is 0.210. The fourth-order valence-corrected chi connectivity index (χ4v) is 5.51. The van der Waals surface area contributed by atoms with Gasteiger partial charge in [0.25, 0.3) is 0 Å². The first-order valence-electron chi connectivity index (χ1n) is 9.84. The zero-order chi connectivity index (χ0) is 20.6. The molecule has 1 saturated heterocycles. The Hall–Kier alpha value is -2.26. The van der Waals surface area contributed by atoms with Gasteiger partial charge in [-0.1, -0.05) is 18.2 Å². The topological polar surface area (TPSA) is 84.3 Å². The van der Waals surface area contributed by atoms with Crippen molar-refractivity contribution >= 4 is 21.6 Å². The van der Waals surface area contributed by atoms with Crippen LogP contribution in [-0.4, -0.2) is 53.1 Å². The van der Waals surface area contributed by atoms with Crippen molar-refractivity contribution in [1.82, 2.24) is 14.7 Å². The molecule has 29 heavy (non-hydrogen) atoms. The molecule has 0 spiro atoms. The van der Waals surface area contributed by atoms with Crippen LogP contribution in [0, 0.1) is 12.7 Å². The maximum absolute atomic E-state index is 14.0. The average molecular weight is 421 g/mol. The highest BCUT2D eigenvalue weighted by Gasteiger charge is 2.33. The van der Waals surface area contributed by atoms with Crippen LogP contribution in [0.4, 0.5) is 10.2 Å². The van der Waals surface area contributed by atoms with Gasteiger partial charge in [-0.15, -0.1) is 0 Å². The number of nitrogens with one attached hydrogen (secondary N) is 1. The molecule has 9 heteroatoms. The summed E-state index contributed by atoms with van der Waals surface area (Å²) in [6.07, 6.45) is 2.49. The number of amides is 1. The summed E-state index contributed by atoms with van der Waals surface area (Å²) < 4.78 is 39.3. The maximum Gasteiger partial charge on any atom is 0.239 e. The summed E-state index contributed by atoms with van der Waals surface area (Å²) in [7, 11) is -3.06. The van der Waals surface area contributed by atoms with Gasteiger partial charge in [-0.25, -0.2) is 17.5 Å². The highest BCUT2D eigenvalue weighted by atomic mass is 32.2. The molecule has 1 unspecified atom stereocenters. The Kier molecular flexibility index (Phi) is 5.44. The van der Waals surface area contributed by atoms with Gasteiger partial charge >= 0.3 is 0 Å². The molecule has 2 aliphatic rings. The molecule has 156 valence electrons. The summed E-state index contributed by atoms with van der Waals surface area (Å²) in [6, 6.07) is 8.38. The van der Waals surface area contributed by atoms with Gasteiger partial charge in [0, 0.05) is 24.2 Å². The molecule has 2 heterocycles. The van der Waals surface area contributed by atoms with Crippen LogP contribution in [0.5, 0.6) is 0 Å². The van der Waals surface area contributed by atoms with Crippen molar-refractivity contribution < 1.29 is 17.6 Å². The number of halogens is 1. The lowest BCUT2D eigenvalue weighted by Gasteiger charge is -2.22. The predicted octanol–water partition coefficient (Wildman–Crippen LogP) is 2.29. The van der Waals surface area contributed by atoms with Gasteiger partial charge in [0.15, 0.2) is 9.84 Å². The van der Waals surface area contributed by atoms with Crippen LogP contribution in [-0.2, 0) is 21.2 Å². The van der Waals surface area contributed by atoms with Crippen molar-refractivity contribution in [3.8, 4) is 0 Å². The molecule has 4 rings (SSSR count). The number of hydrogen-bond donors (Lipinski definition) is 1. The average Bonchev–Trinajstić information content (AvgIpc) is 3.35. The molecule has 2 fully saturated rings. The van der Waals surface area contributed by atoms with Crippen molar-refractivity contribution in [2.75, 3.05) is 23.4 Å². The second-order valence-corrected chi connectivity index (χ2v) is 10.2. The Morgan fingerprint density at radius 1 is 1.31 bits per heavy atom. The lowest BCUT2D eigenvalue weighted by molar-refractivity contribution is -0.117. The number of rotatable bonds is 7. The van der Waals surface area contributed by atoms with E-state index in [4.69, 9.17) is 0 Å². The minimum Gasteiger partial charge on any atom is -0.310 e. The molecule has 1 atom stereocenters. The van der Waals surface area contributed by atoms with Gasteiger partial charge in [-0.05, 0) is 32.3 Å². The molecule has 2 aromatic rings. The number of benzene rings is 1. The quantitative estimate of drug-likeness (QED) is 0.743. The number of sulfone groups is 1. The van der Waals surface area contributed by atoms with Crippen molar-refractivity contribution in [2.24, 2.45) is 0 Å². The molecular weight excluding hydrogens is 395 g/mol. The second-order valence-electron chi connectivity index (χ2n) is 7.95. The minimum atomic E-state index is -3.06. The van der Waals surface area contributed by atoms with Crippen LogP contribution in [0.1, 0.15) is 36.6 Å². The van der Waals surface area contributed by atoms with Crippen molar-refractivity contribution in [3.05, 3.63) is 47.4 Å². The molecule has 1 aromatic carbocycles. The van der Waals surface area contributed by atoms with Crippen molar-refractivity contribution in [1.29, 1.82) is 0 Å². The zero-order valence-electron chi connectivity index (χ0n) is 16.3. The van der Waals surface area contributed by atoms with Gasteiger partial charge in [0.1, 0.15) is 11.6 Å². The van der Waals surface area contributed by atoms with Crippen molar-refractivity contribution in [2.45, 2.75) is 44.8 Å². The van der Waals surface area contributed by atoms with Crippen LogP contribution in [0.2, 0.25) is 0 Å². The van der Waals surface area contributed by atoms with Crippen LogP contribution < -0.4 is 5.32 Å². The smallest absolute Gasteiger partial charge is 0.239 e. The van der Waals surface area contributed by atoms with E-state index in [9.17, 15) is 17.6 Å². The minimum absolute atomic E-state index is 0.0402. The first kappa shape index (κ1) is 20.0. The second kappa shape index (κ2) is 7.87. The maximum atomic E-state index is 14.0. The summed E-state index contributed by atoms with van der Waals surface area (Å²) in [5, 5.41) is 7.27. The third-order valence-corrected chi connectivity index (χ3v) is 7.17. The van der Waals surface area contributed by atoms with Crippen LogP contribution in [0.15, 0.2) is 30.3 Å². The van der Waals surface area contributed by atoms with Crippen LogP contribution >= 0.6 is 0 Å². The van der Waals surface area contributed by atoms with E-state index >= 15 is 0 Å². The monoisotopic (exact) mass is 420 g/mol. The number of aromatic nitrogens is 2. The summed E-state index contributed by atoms with van der Waals surface area (Å²) in [4.78, 5) is 14.7. The van der Waals surface area contributed by atoms with Gasteiger partial charge in [-0.2, -0.15) is 5.10 Å². The van der Waals surface area contributed by atoms with Gasteiger partial charge in [0.2, 0.25) is 5.91 Å². The van der Waals surface area contributed by atoms with Gasteiger partial charge < -0.3 is 5.32 Å². The Labute approximate surface area is 169 Å². The van der Waals surface area contributed by atoms with E-state index in [2.05, 4.69) is 10.4 Å². The zero-order valence-corrected chi connectivity index (χ0v) is 17.2. The number of aryl methyl sites for hydroxylation is 1. The molecule has 1 aliphatic carbocycles. The third-order valence-electron chi connectivity index (χ3n) is 5.42. The number of carbonyl (C=O) groups excluding carboxylic acids is 1. The van der Waals surface area contributed by atoms with Gasteiger partial charge in [-0.3, -0.25) is 9.69 Å². The Morgan fingerprint density at radius 3 is 2.72 bits per heavy atom. The third kappa shape index (κ3) is 4.84. The molecule has 1 aliphatic heterocycles. The molecule has 1 aromatic heterocycles. The SMILES string of the molecule is Cc1cc(NC(=O)CN(Cc2ccccc2F)C2CC2)n(C2CCS(=O)(=O)C2)n1. The normalized spacial score (nSPS) is 20.9. The number of hydrogen-bond acceptors (Lipinski definition) is 5. The summed E-state index contributed by atoms with van der Waals surface area (Å²) >= 11 is 0. The van der Waals surface area contributed by atoms with E-state index in [-0.39, 0.29) is 41.9 Å². The first-order valence-corrected chi connectivity index (χ1v) is 11.7. The van der Waals surface area contributed by atoms with E-state index in [0.717, 1.165) is 18.5 Å². The number of nitrogens with zero attached hydrogens (tertiary/aromatic N) is 3. The lowest BCUT2D eigenvalue weighted by atomic mass is 10.2. The van der Waals surface area contributed by atoms with E-state index in [1.165, 1.54) is 6.07 Å². The largest absolute Gasteiger partial charge is 0.310 e. The van der Waals surface area contributed by atoms with Crippen LogP contribution in [0.3, 0.4) is 0 Å². The Balaban J connectivity index is 1.44. The van der Waals surface area contributed by atoms with Crippen LogP contribution in [0.25, 0.3) is 0 Å². The molecule has 1 amide bonds. The highest BCUT2D eigenvalue weighted by molar-refractivity contribution is 7.91. The fourth-order valence-electron chi connectivity index (χ4n) is 3.82. The van der Waals surface area contributed by atoms with E-state index < -0.39 is 9.84 Å². The Morgan fingerprint density at radius 2 is 2.07 bits per heavy atom. The summed E-state index contributed by atoms with van der Waals surface area (Å²) in [6.45, 7) is 2.33. The molecule has 0 radical (unpaired) electrons. The molecule has 1 N–H and O–H groups in total. The fraction of sp³-hybridized carbons (Fsp3) is 0.500. The molecule has 0 bridgehead atoms. The van der Waals surface area contributed by atoms with E-state index in [1.54, 1.807) is 28.9 Å². The predicted molar refractivity (Wildman–Crippen MR) is 108 cm³/mol. The number of carbonyl (C=O) groups is 1. The Bertz CT molecular complexity index is 1020. The van der Waals surface area contributed by atoms with Gasteiger partial charge in [0.05, 0.1) is 29.8 Å². The van der Waals surface area contributed by atoms with E-state index in [0.29, 0.717) is 24.3 Å². The summed E-state index contributed by atoms with van der Waals surface area (Å²) in [5.41, 5.74) is 1.29. The molecule has 1 saturated carbocycles. The standard InChI is InChI=1S/C20H25FN4O3S/c1-14-10-19(25(23-14)17-8-9-29(27,28)13-17)22-20(26)12-24(16-6-7-16)11-15-4-2-3-5-18(15)21/h2-5,10,16-17H,6-9,11-13H2,1H3,(H,22,26). The molecule has 7 nitrogen and oxygen atoms in total. The lowest BCUT2D eigenvalue weighted by Crippen LogP contribution is -2.35. The van der Waals surface area contributed by atoms with E-state index in [1.807, 2.05) is 11.8 Å². The molecular formula is C20H25FN4O3S. The number of anilines is 1. The first-order chi connectivity index (χ1) is 13.8. The highest BCUT2D eigenvalue weighted by Crippen LogP contribution is 2.29. The van der Waals surface area contributed by atoms with Crippen molar-refractivity contribution in [3.63, 3.8) is 0 Å².